The van der Waals surface area contributed by atoms with Crippen molar-refractivity contribution in [3.05, 3.63) is 64.9 Å². The van der Waals surface area contributed by atoms with E-state index in [-0.39, 0.29) is 11.8 Å². The molecule has 150 valence electrons. The van der Waals surface area contributed by atoms with Crippen LogP contribution in [-0.2, 0) is 9.59 Å². The molecule has 5 nitrogen and oxygen atoms in total. The van der Waals surface area contributed by atoms with Gasteiger partial charge in [0.25, 0.3) is 11.8 Å². The van der Waals surface area contributed by atoms with Crippen molar-refractivity contribution in [3.63, 3.8) is 0 Å². The molecule has 4 rings (SSSR count). The van der Waals surface area contributed by atoms with E-state index < -0.39 is 0 Å². The van der Waals surface area contributed by atoms with E-state index in [2.05, 4.69) is 11.0 Å². The molecular formula is C24H26N2O3. The molecule has 2 aliphatic rings. The Kier molecular flexibility index (Phi) is 5.14. The third kappa shape index (κ3) is 3.41. The number of rotatable bonds is 5. The number of carbonyl (C=O) groups excluding carboxylic acids is 2. The highest BCUT2D eigenvalue weighted by Crippen LogP contribution is 2.38. The van der Waals surface area contributed by atoms with Gasteiger partial charge in [0.1, 0.15) is 11.4 Å². The predicted molar refractivity (Wildman–Crippen MR) is 114 cm³/mol. The van der Waals surface area contributed by atoms with Crippen LogP contribution >= 0.6 is 0 Å². The lowest BCUT2D eigenvalue weighted by atomic mass is 9.97. The fourth-order valence-electron chi connectivity index (χ4n) is 4.20. The second-order valence-corrected chi connectivity index (χ2v) is 7.61. The van der Waals surface area contributed by atoms with Gasteiger partial charge in [-0.3, -0.25) is 9.59 Å². The first kappa shape index (κ1) is 19.2. The third-order valence-electron chi connectivity index (χ3n) is 5.52. The fraction of sp³-hybridized carbons (Fsp3) is 0.333. The Balaban J connectivity index is 1.83. The van der Waals surface area contributed by atoms with Crippen molar-refractivity contribution in [1.29, 1.82) is 0 Å². The van der Waals surface area contributed by atoms with Crippen molar-refractivity contribution in [2.75, 3.05) is 24.6 Å². The van der Waals surface area contributed by atoms with Gasteiger partial charge < -0.3 is 9.64 Å². The highest BCUT2D eigenvalue weighted by Gasteiger charge is 2.43. The molecule has 5 heteroatoms. The number of amides is 2. The van der Waals surface area contributed by atoms with E-state index in [4.69, 9.17) is 4.74 Å². The van der Waals surface area contributed by atoms with Crippen molar-refractivity contribution in [2.24, 2.45) is 0 Å². The monoisotopic (exact) mass is 390 g/mol. The number of nitrogens with zero attached hydrogens (tertiary/aromatic N) is 2. The molecule has 29 heavy (non-hydrogen) atoms. The van der Waals surface area contributed by atoms with Crippen molar-refractivity contribution in [3.8, 4) is 5.75 Å². The Hall–Kier alpha value is -3.08. The van der Waals surface area contributed by atoms with Crippen LogP contribution in [0.15, 0.2) is 48.2 Å². The number of hydrogen-bond acceptors (Lipinski definition) is 4. The van der Waals surface area contributed by atoms with Crippen LogP contribution in [0.4, 0.5) is 5.69 Å². The minimum Gasteiger partial charge on any atom is -0.494 e. The van der Waals surface area contributed by atoms with Gasteiger partial charge >= 0.3 is 0 Å². The molecule has 0 aliphatic carbocycles. The van der Waals surface area contributed by atoms with E-state index in [1.807, 2.05) is 45.0 Å². The van der Waals surface area contributed by atoms with Gasteiger partial charge in [-0.1, -0.05) is 29.8 Å². The van der Waals surface area contributed by atoms with Gasteiger partial charge in [-0.2, -0.15) is 0 Å². The lowest BCUT2D eigenvalue weighted by Gasteiger charge is -2.20. The number of likely N-dealkylation sites (tertiary alicyclic amines) is 1. The Morgan fingerprint density at radius 2 is 1.72 bits per heavy atom. The number of anilines is 1. The maximum Gasteiger partial charge on any atom is 0.282 e. The van der Waals surface area contributed by atoms with Gasteiger partial charge in [0.2, 0.25) is 0 Å². The van der Waals surface area contributed by atoms with Gasteiger partial charge in [-0.05, 0) is 56.9 Å². The lowest BCUT2D eigenvalue weighted by molar-refractivity contribution is -0.120. The van der Waals surface area contributed by atoms with E-state index in [0.29, 0.717) is 29.3 Å². The summed E-state index contributed by atoms with van der Waals surface area (Å²) in [6.45, 7) is 8.05. The van der Waals surface area contributed by atoms with Crippen LogP contribution in [-0.4, -0.2) is 36.4 Å². The van der Waals surface area contributed by atoms with Crippen LogP contribution in [0.3, 0.4) is 0 Å². The van der Waals surface area contributed by atoms with Gasteiger partial charge in [-0.15, -0.1) is 0 Å². The topological polar surface area (TPSA) is 49.9 Å². The van der Waals surface area contributed by atoms with E-state index in [1.165, 1.54) is 4.90 Å². The van der Waals surface area contributed by atoms with Gasteiger partial charge in [0.15, 0.2) is 0 Å². The molecule has 2 amide bonds. The SMILES string of the molecule is CCOc1cccc(N2C(=O)C(c3ccc(C)cc3C)=C(N3CCCC3)C2=O)c1. The molecule has 2 heterocycles. The Morgan fingerprint density at radius 3 is 2.41 bits per heavy atom. The molecule has 0 aromatic heterocycles. The van der Waals surface area contributed by atoms with Crippen LogP contribution in [0.1, 0.15) is 36.5 Å². The van der Waals surface area contributed by atoms with Crippen LogP contribution in [0.2, 0.25) is 0 Å². The normalized spacial score (nSPS) is 16.9. The first-order valence-electron chi connectivity index (χ1n) is 10.2. The standard InChI is InChI=1S/C24H26N2O3/c1-4-29-19-9-7-8-18(15-19)26-23(27)21(20-11-10-16(2)14-17(20)3)22(24(26)28)25-12-5-6-13-25/h7-11,14-15H,4-6,12-13H2,1-3H3. The number of aryl methyl sites for hydroxylation is 2. The summed E-state index contributed by atoms with van der Waals surface area (Å²) in [4.78, 5) is 30.4. The predicted octanol–water partition coefficient (Wildman–Crippen LogP) is 4.08. The second-order valence-electron chi connectivity index (χ2n) is 7.61. The molecule has 0 atom stereocenters. The Bertz CT molecular complexity index is 1000. The third-order valence-corrected chi connectivity index (χ3v) is 5.52. The summed E-state index contributed by atoms with van der Waals surface area (Å²) in [5.41, 5.74) is 4.55. The zero-order valence-electron chi connectivity index (χ0n) is 17.2. The maximum absolute atomic E-state index is 13.6. The highest BCUT2D eigenvalue weighted by atomic mass is 16.5. The lowest BCUT2D eigenvalue weighted by Crippen LogP contribution is -2.34. The maximum atomic E-state index is 13.6. The summed E-state index contributed by atoms with van der Waals surface area (Å²) in [6, 6.07) is 13.2. The molecule has 0 spiro atoms. The number of benzene rings is 2. The quantitative estimate of drug-likeness (QED) is 0.722. The van der Waals surface area contributed by atoms with E-state index >= 15 is 0 Å². The molecule has 2 aromatic carbocycles. The fourth-order valence-corrected chi connectivity index (χ4v) is 4.20. The van der Waals surface area contributed by atoms with Gasteiger partial charge in [0.05, 0.1) is 17.9 Å². The van der Waals surface area contributed by atoms with Crippen molar-refractivity contribution in [2.45, 2.75) is 33.6 Å². The number of carbonyl (C=O) groups is 2. The van der Waals surface area contributed by atoms with Crippen LogP contribution in [0, 0.1) is 13.8 Å². The summed E-state index contributed by atoms with van der Waals surface area (Å²) in [5, 5.41) is 0. The average Bonchev–Trinajstić information content (AvgIpc) is 3.29. The molecule has 1 fully saturated rings. The Labute approximate surface area is 171 Å². The second kappa shape index (κ2) is 7.74. The van der Waals surface area contributed by atoms with Crippen LogP contribution in [0.25, 0.3) is 5.57 Å². The average molecular weight is 390 g/mol. The first-order chi connectivity index (χ1) is 14.0. The molecule has 0 unspecified atom stereocenters. The van der Waals surface area contributed by atoms with E-state index in [9.17, 15) is 9.59 Å². The Morgan fingerprint density at radius 1 is 0.966 bits per heavy atom. The van der Waals surface area contributed by atoms with Crippen LogP contribution in [0.5, 0.6) is 5.75 Å². The molecule has 2 aliphatic heterocycles. The molecule has 1 saturated heterocycles. The molecule has 0 bridgehead atoms. The summed E-state index contributed by atoms with van der Waals surface area (Å²) in [6.07, 6.45) is 2.07. The summed E-state index contributed by atoms with van der Waals surface area (Å²) in [5.74, 6) is 0.131. The molecular weight excluding hydrogens is 364 g/mol. The smallest absolute Gasteiger partial charge is 0.282 e. The van der Waals surface area contributed by atoms with Crippen molar-refractivity contribution in [1.82, 2.24) is 4.90 Å². The largest absolute Gasteiger partial charge is 0.494 e. The van der Waals surface area contributed by atoms with Crippen molar-refractivity contribution >= 4 is 23.1 Å². The van der Waals surface area contributed by atoms with Gasteiger partial charge in [-0.25, -0.2) is 4.90 Å². The minimum atomic E-state index is -0.266. The van der Waals surface area contributed by atoms with Crippen molar-refractivity contribution < 1.29 is 14.3 Å². The zero-order valence-corrected chi connectivity index (χ0v) is 17.2. The van der Waals surface area contributed by atoms with Crippen LogP contribution < -0.4 is 9.64 Å². The molecule has 2 aromatic rings. The number of imide groups is 1. The minimum absolute atomic E-state index is 0.250. The van der Waals surface area contributed by atoms with E-state index in [0.717, 1.165) is 42.6 Å². The number of hydrogen-bond donors (Lipinski definition) is 0. The van der Waals surface area contributed by atoms with Gasteiger partial charge in [0, 0.05) is 19.2 Å². The summed E-state index contributed by atoms with van der Waals surface area (Å²) >= 11 is 0. The molecule has 0 saturated carbocycles. The highest BCUT2D eigenvalue weighted by molar-refractivity contribution is 6.45. The first-order valence-corrected chi connectivity index (χ1v) is 10.2. The molecule has 0 N–H and O–H groups in total. The molecule has 0 radical (unpaired) electrons. The summed E-state index contributed by atoms with van der Waals surface area (Å²) < 4.78 is 5.57. The van der Waals surface area contributed by atoms with E-state index in [1.54, 1.807) is 12.1 Å². The summed E-state index contributed by atoms with van der Waals surface area (Å²) in [7, 11) is 0. The zero-order chi connectivity index (χ0) is 20.5. The number of ether oxygens (including phenoxy) is 1.